The molecule has 12 heteroatoms. The van der Waals surface area contributed by atoms with E-state index in [9.17, 15) is 18.6 Å². The monoisotopic (exact) mass is 559 g/mol. The van der Waals surface area contributed by atoms with Crippen LogP contribution in [0.15, 0.2) is 51.5 Å². The van der Waals surface area contributed by atoms with Gasteiger partial charge in [0.15, 0.2) is 15.0 Å². The minimum Gasteiger partial charge on any atom is -0.492 e. The highest BCUT2D eigenvalue weighted by molar-refractivity contribution is 7.90. The fourth-order valence-corrected chi connectivity index (χ4v) is 6.47. The lowest BCUT2D eigenvalue weighted by Crippen LogP contribution is -2.47. The molecule has 0 saturated carbocycles. The van der Waals surface area contributed by atoms with E-state index >= 15 is 0 Å². The molecular weight excluding hydrogens is 534 g/mol. The molecule has 9 nitrogen and oxygen atoms in total. The normalized spacial score (nSPS) is 16.6. The van der Waals surface area contributed by atoms with Crippen molar-refractivity contribution < 1.29 is 18.6 Å². The number of nitrogens with zero attached hydrogens (tertiary/aromatic N) is 5. The first-order chi connectivity index (χ1) is 17.7. The molecule has 0 atom stereocenters. The van der Waals surface area contributed by atoms with Crippen molar-refractivity contribution in [1.29, 1.82) is 0 Å². The maximum atomic E-state index is 12.0. The Morgan fingerprint density at radius 2 is 1.92 bits per heavy atom. The van der Waals surface area contributed by atoms with Gasteiger partial charge in [0.05, 0.1) is 28.0 Å². The number of benzene rings is 2. The number of sulfone groups is 1. The molecule has 1 aromatic heterocycles. The molecule has 0 bridgehead atoms. The van der Waals surface area contributed by atoms with Crippen LogP contribution in [-0.2, 0) is 16.3 Å². The lowest BCUT2D eigenvalue weighted by molar-refractivity contribution is 0.188. The number of rotatable bonds is 7. The molecule has 0 radical (unpaired) electrons. The van der Waals surface area contributed by atoms with E-state index in [4.69, 9.17) is 11.6 Å². The summed E-state index contributed by atoms with van der Waals surface area (Å²) in [6, 6.07) is 10.5. The van der Waals surface area contributed by atoms with Crippen molar-refractivity contribution in [1.82, 2.24) is 9.88 Å². The van der Waals surface area contributed by atoms with Crippen molar-refractivity contribution in [3.8, 4) is 5.88 Å². The first-order valence-electron chi connectivity index (χ1n) is 11.7. The Bertz CT molecular complexity index is 1600. The average Bonchev–Trinajstić information content (AvgIpc) is 3.49. The largest absolute Gasteiger partial charge is 0.492 e. The Balaban J connectivity index is 1.55. The summed E-state index contributed by atoms with van der Waals surface area (Å²) in [6.45, 7) is 3.89. The molecule has 2 N–H and O–H groups in total. The summed E-state index contributed by atoms with van der Waals surface area (Å²) in [4.78, 5) is 9.61. The van der Waals surface area contributed by atoms with Crippen LogP contribution in [0, 0.1) is 0 Å². The molecule has 37 heavy (non-hydrogen) atoms. The molecule has 2 aliphatic heterocycles. The van der Waals surface area contributed by atoms with E-state index in [2.05, 4.69) is 25.0 Å². The summed E-state index contributed by atoms with van der Waals surface area (Å²) >= 11 is 7.95. The lowest BCUT2D eigenvalue weighted by Gasteiger charge is -2.34. The molecule has 0 spiro atoms. The highest BCUT2D eigenvalue weighted by Crippen LogP contribution is 2.37. The average molecular weight is 560 g/mol. The first-order valence-corrected chi connectivity index (χ1v) is 14.8. The van der Waals surface area contributed by atoms with Crippen LogP contribution < -0.4 is 15.5 Å². The number of hydrogen-bond acceptors (Lipinski definition) is 10. The molecule has 3 heterocycles. The van der Waals surface area contributed by atoms with Crippen LogP contribution in [-0.4, -0.2) is 80.3 Å². The fourth-order valence-electron chi connectivity index (χ4n) is 4.43. The van der Waals surface area contributed by atoms with Crippen molar-refractivity contribution in [2.24, 2.45) is 10.2 Å². The number of aromatic hydroxyl groups is 1. The maximum Gasteiger partial charge on any atom is 0.231 e. The number of aromatic nitrogens is 1. The highest BCUT2D eigenvalue weighted by Gasteiger charge is 2.24. The summed E-state index contributed by atoms with van der Waals surface area (Å²) in [5.41, 5.74) is 2.42. The molecule has 0 amide bonds. The van der Waals surface area contributed by atoms with Gasteiger partial charge in [0, 0.05) is 56.0 Å². The maximum absolute atomic E-state index is 12.0. The highest BCUT2D eigenvalue weighted by atomic mass is 35.5. The second-order valence-corrected chi connectivity index (χ2v) is 12.4. The Labute approximate surface area is 223 Å². The van der Waals surface area contributed by atoms with Gasteiger partial charge in [0.2, 0.25) is 5.88 Å². The Morgan fingerprint density at radius 1 is 1.14 bits per heavy atom. The summed E-state index contributed by atoms with van der Waals surface area (Å²) in [5, 5.41) is 31.0. The van der Waals surface area contributed by atoms with Crippen molar-refractivity contribution >= 4 is 49.7 Å². The van der Waals surface area contributed by atoms with E-state index in [1.54, 1.807) is 18.3 Å². The number of β-amino-alcohol motifs (C(OH)–C–C–N with tert-alkyl or cyclic N) is 1. The molecular formula is C25H26ClN5O4S2. The van der Waals surface area contributed by atoms with Crippen molar-refractivity contribution in [2.75, 3.05) is 50.5 Å². The number of halogens is 1. The first kappa shape index (κ1) is 25.8. The van der Waals surface area contributed by atoms with Crippen molar-refractivity contribution in [3.05, 3.63) is 68.0 Å². The van der Waals surface area contributed by atoms with Gasteiger partial charge in [-0.15, -0.1) is 0 Å². The summed E-state index contributed by atoms with van der Waals surface area (Å²) in [7, 11) is -3.39. The number of thiazole rings is 1. The van der Waals surface area contributed by atoms with Gasteiger partial charge in [-0.05, 0) is 40.6 Å². The van der Waals surface area contributed by atoms with Gasteiger partial charge in [-0.25, -0.2) is 8.42 Å². The topological polar surface area (TPSA) is 119 Å². The minimum absolute atomic E-state index is 0.0597. The standard InChI is InChI=1S/C25H26ClN5O4S2/c1-37(34,35)19-4-2-17(21(26)14-19)13-20(16-3-5-22-18(12-16)15-27-29-22)23-24(33)28-25(36-23)31-8-6-30(7-9-31)10-11-32/h2-5,12,14-15,32-33H,6-11,13H2,1H3. The third-order valence-electron chi connectivity index (χ3n) is 6.49. The van der Waals surface area contributed by atoms with Gasteiger partial charge in [-0.1, -0.05) is 35.1 Å². The minimum atomic E-state index is -3.39. The molecule has 5 rings (SSSR count). The van der Waals surface area contributed by atoms with E-state index < -0.39 is 9.84 Å². The lowest BCUT2D eigenvalue weighted by atomic mass is 10.00. The van der Waals surface area contributed by atoms with Crippen LogP contribution in [0.5, 0.6) is 5.88 Å². The van der Waals surface area contributed by atoms with Gasteiger partial charge >= 0.3 is 0 Å². The second-order valence-electron chi connectivity index (χ2n) is 9.00. The smallest absolute Gasteiger partial charge is 0.231 e. The number of anilines is 1. The van der Waals surface area contributed by atoms with Crippen LogP contribution in [0.25, 0.3) is 5.57 Å². The predicted octanol–water partition coefficient (Wildman–Crippen LogP) is 1.43. The predicted molar refractivity (Wildman–Crippen MR) is 145 cm³/mol. The zero-order chi connectivity index (χ0) is 26.2. The van der Waals surface area contributed by atoms with Crippen LogP contribution in [0.1, 0.15) is 16.0 Å². The molecule has 2 aliphatic rings. The Kier molecular flexibility index (Phi) is 7.32. The number of fused-ring (bicyclic) bond motifs is 1. The number of piperazine rings is 1. The third kappa shape index (κ3) is 5.55. The Hall–Kier alpha value is -2.83. The van der Waals surface area contributed by atoms with E-state index in [-0.39, 0.29) is 17.4 Å². The Morgan fingerprint density at radius 3 is 2.62 bits per heavy atom. The van der Waals surface area contributed by atoms with E-state index in [0.29, 0.717) is 22.9 Å². The summed E-state index contributed by atoms with van der Waals surface area (Å²) in [5.74, 6) is -0.0597. The van der Waals surface area contributed by atoms with Gasteiger partial charge in [-0.2, -0.15) is 15.2 Å². The van der Waals surface area contributed by atoms with Crippen molar-refractivity contribution in [2.45, 2.75) is 11.3 Å². The molecule has 0 aliphatic carbocycles. The number of aliphatic hydroxyl groups is 1. The van der Waals surface area contributed by atoms with Gasteiger partial charge in [0.1, 0.15) is 0 Å². The van der Waals surface area contributed by atoms with Crippen LogP contribution in [0.3, 0.4) is 0 Å². The zero-order valence-corrected chi connectivity index (χ0v) is 22.5. The summed E-state index contributed by atoms with van der Waals surface area (Å²) < 4.78 is 24.0. The van der Waals surface area contributed by atoms with E-state index in [1.165, 1.54) is 17.4 Å². The van der Waals surface area contributed by atoms with Crippen molar-refractivity contribution in [3.63, 3.8) is 0 Å². The molecule has 1 fully saturated rings. The quantitative estimate of drug-likeness (QED) is 0.449. The van der Waals surface area contributed by atoms with Crippen LogP contribution in [0.4, 0.5) is 5.13 Å². The SMILES string of the molecule is CS(=O)(=O)c1ccc(CC(c2sc(N3CCN(CCO)CC3)nc2O)=c2ccc3c(c2)C=NN=3)c(Cl)c1. The third-order valence-corrected chi connectivity index (χ3v) is 9.12. The van der Waals surface area contributed by atoms with Gasteiger partial charge in [-0.3, -0.25) is 4.90 Å². The molecule has 0 unspecified atom stereocenters. The summed E-state index contributed by atoms with van der Waals surface area (Å²) in [6.07, 6.45) is 3.19. The van der Waals surface area contributed by atoms with Crippen LogP contribution in [0.2, 0.25) is 5.02 Å². The zero-order valence-electron chi connectivity index (χ0n) is 20.1. The van der Waals surface area contributed by atoms with E-state index in [0.717, 1.165) is 64.8 Å². The second kappa shape index (κ2) is 10.5. The number of hydrogen-bond donors (Lipinski definition) is 2. The van der Waals surface area contributed by atoms with E-state index in [1.807, 2.05) is 18.2 Å². The number of aliphatic hydroxyl groups excluding tert-OH is 1. The van der Waals surface area contributed by atoms with Gasteiger partial charge in [0.25, 0.3) is 0 Å². The molecule has 194 valence electrons. The van der Waals surface area contributed by atoms with Gasteiger partial charge < -0.3 is 15.1 Å². The molecule has 1 saturated heterocycles. The van der Waals surface area contributed by atoms with Crippen LogP contribution >= 0.6 is 22.9 Å². The molecule has 2 aromatic carbocycles. The fraction of sp³-hybridized carbons (Fsp3) is 0.320. The molecule has 3 aromatic rings.